The number of unbranched alkanes of at least 4 members (excludes halogenated alkanes) is 19. The summed E-state index contributed by atoms with van der Waals surface area (Å²) in [7, 11) is 0. The fraction of sp³-hybridized carbons (Fsp3) is 0.900. The fourth-order valence-corrected chi connectivity index (χ4v) is 5.98. The Morgan fingerprint density at radius 3 is 1.61 bits per heavy atom. The van der Waals surface area contributed by atoms with Crippen LogP contribution in [0.4, 0.5) is 0 Å². The van der Waals surface area contributed by atoms with Crippen molar-refractivity contribution in [3.05, 3.63) is 12.2 Å². The maximum atomic E-state index is 12.0. The summed E-state index contributed by atoms with van der Waals surface area (Å²) in [6, 6.07) is 0. The van der Waals surface area contributed by atoms with E-state index in [1.54, 1.807) is 0 Å². The Bertz CT molecular complexity index is 735. The Labute approximate surface area is 284 Å². The summed E-state index contributed by atoms with van der Waals surface area (Å²) in [5, 5.41) is 10.0. The number of esters is 2. The van der Waals surface area contributed by atoms with Gasteiger partial charge in [-0.15, -0.1) is 0 Å². The molecule has 0 saturated carbocycles. The van der Waals surface area contributed by atoms with Crippen molar-refractivity contribution in [2.45, 2.75) is 212 Å². The first kappa shape index (κ1) is 42.6. The first-order chi connectivity index (χ1) is 22.4. The topological polar surface area (TPSA) is 85.4 Å². The van der Waals surface area contributed by atoms with Crippen LogP contribution >= 0.6 is 0 Å². The van der Waals surface area contributed by atoms with E-state index in [0.717, 1.165) is 57.3 Å². The van der Waals surface area contributed by atoms with E-state index >= 15 is 0 Å². The average Bonchev–Trinajstić information content (AvgIpc) is 3.79. The molecule has 3 atom stereocenters. The minimum Gasteiger partial charge on any atom is -0.463 e. The van der Waals surface area contributed by atoms with Gasteiger partial charge in [0.2, 0.25) is 0 Å². The number of aliphatic hydroxyl groups is 1. The molecule has 0 radical (unpaired) electrons. The third-order valence-electron chi connectivity index (χ3n) is 9.10. The maximum Gasteiger partial charge on any atom is 0.305 e. The molecule has 0 spiro atoms. The monoisotopic (exact) mass is 651 g/mol. The molecular weight excluding hydrogens is 576 g/mol. The molecular formula is C40H74O6. The Morgan fingerprint density at radius 2 is 1.11 bits per heavy atom. The van der Waals surface area contributed by atoms with Crippen molar-refractivity contribution in [1.29, 1.82) is 0 Å². The van der Waals surface area contributed by atoms with Crippen LogP contribution in [0.15, 0.2) is 12.2 Å². The lowest BCUT2D eigenvalue weighted by Crippen LogP contribution is -2.25. The van der Waals surface area contributed by atoms with Gasteiger partial charge in [0.15, 0.2) is 0 Å². The maximum absolute atomic E-state index is 12.0. The van der Waals surface area contributed by atoms with E-state index < -0.39 is 6.10 Å². The summed E-state index contributed by atoms with van der Waals surface area (Å²) < 4.78 is 16.1. The predicted molar refractivity (Wildman–Crippen MR) is 191 cm³/mol. The number of hydrogen-bond acceptors (Lipinski definition) is 6. The molecule has 6 heteroatoms. The number of aliphatic hydroxyl groups excluding tert-OH is 1. The van der Waals surface area contributed by atoms with Crippen LogP contribution in [0.1, 0.15) is 194 Å². The number of carbonyl (C=O) groups excluding carboxylic acids is 2. The van der Waals surface area contributed by atoms with Gasteiger partial charge in [0.1, 0.15) is 19.3 Å². The fourth-order valence-electron chi connectivity index (χ4n) is 5.98. The normalized spacial score (nSPS) is 16.7. The number of hydrogen-bond donors (Lipinski definition) is 1. The second-order valence-corrected chi connectivity index (χ2v) is 14.3. The van der Waals surface area contributed by atoms with Gasteiger partial charge in [-0.1, -0.05) is 155 Å². The van der Waals surface area contributed by atoms with Crippen LogP contribution in [0.5, 0.6) is 0 Å². The molecule has 0 bridgehead atoms. The molecule has 0 aromatic heterocycles. The van der Waals surface area contributed by atoms with Crippen molar-refractivity contribution in [2.75, 3.05) is 13.2 Å². The van der Waals surface area contributed by atoms with Gasteiger partial charge in [-0.25, -0.2) is 0 Å². The van der Waals surface area contributed by atoms with E-state index in [1.165, 1.54) is 109 Å². The summed E-state index contributed by atoms with van der Waals surface area (Å²) in [5.41, 5.74) is 0. The molecule has 0 aliphatic carbocycles. The zero-order chi connectivity index (χ0) is 33.5. The minimum atomic E-state index is -0.968. The Kier molecular flexibility index (Phi) is 28.6. The highest BCUT2D eigenvalue weighted by molar-refractivity contribution is 5.69. The Morgan fingerprint density at radius 1 is 0.630 bits per heavy atom. The highest BCUT2D eigenvalue weighted by Gasteiger charge is 2.36. The van der Waals surface area contributed by atoms with Crippen LogP contribution in [-0.2, 0) is 23.8 Å². The van der Waals surface area contributed by atoms with Gasteiger partial charge < -0.3 is 19.3 Å². The molecule has 0 aromatic carbocycles. The number of rotatable bonds is 34. The van der Waals surface area contributed by atoms with Gasteiger partial charge in [-0.2, -0.15) is 0 Å². The van der Waals surface area contributed by atoms with Gasteiger partial charge in [0, 0.05) is 12.8 Å². The predicted octanol–water partition coefficient (Wildman–Crippen LogP) is 11.0. The van der Waals surface area contributed by atoms with E-state index in [4.69, 9.17) is 14.2 Å². The smallest absolute Gasteiger partial charge is 0.305 e. The lowest BCUT2D eigenvalue weighted by Gasteiger charge is -2.12. The summed E-state index contributed by atoms with van der Waals surface area (Å²) in [4.78, 5) is 23.9. The Balaban J connectivity index is 1.80. The third-order valence-corrected chi connectivity index (χ3v) is 9.10. The third kappa shape index (κ3) is 28.8. The molecule has 1 rings (SSSR count). The number of ether oxygens (including phenoxy) is 3. The molecule has 46 heavy (non-hydrogen) atoms. The van der Waals surface area contributed by atoms with Gasteiger partial charge in [0.25, 0.3) is 0 Å². The average molecular weight is 651 g/mol. The second kappa shape index (κ2) is 30.9. The van der Waals surface area contributed by atoms with Gasteiger partial charge >= 0.3 is 11.9 Å². The molecule has 6 nitrogen and oxygen atoms in total. The quantitative estimate of drug-likeness (QED) is 0.0323. The van der Waals surface area contributed by atoms with E-state index in [1.807, 2.05) is 0 Å². The molecule has 1 saturated heterocycles. The highest BCUT2D eigenvalue weighted by atomic mass is 16.6. The van der Waals surface area contributed by atoms with Crippen molar-refractivity contribution >= 4 is 11.9 Å². The van der Waals surface area contributed by atoms with E-state index in [0.29, 0.717) is 25.0 Å². The van der Waals surface area contributed by atoms with Crippen molar-refractivity contribution in [2.24, 2.45) is 5.92 Å². The summed E-state index contributed by atoms with van der Waals surface area (Å²) in [6.07, 6.45) is 35.8. The van der Waals surface area contributed by atoms with Crippen LogP contribution in [0.3, 0.4) is 0 Å². The molecule has 1 heterocycles. The van der Waals surface area contributed by atoms with Crippen molar-refractivity contribution in [1.82, 2.24) is 0 Å². The van der Waals surface area contributed by atoms with E-state index in [-0.39, 0.29) is 25.2 Å². The van der Waals surface area contributed by atoms with Gasteiger partial charge in [-0.3, -0.25) is 9.59 Å². The molecule has 1 N–H and O–H groups in total. The summed E-state index contributed by atoms with van der Waals surface area (Å²) >= 11 is 0. The van der Waals surface area contributed by atoms with E-state index in [9.17, 15) is 14.7 Å². The SMILES string of the molecule is CCCCCC1OC1C/C=C\CCCCCCCC(=O)OC[C@@H](O)COC(=O)CCCCCCCCCCCCCCCC(C)C. The van der Waals surface area contributed by atoms with Crippen LogP contribution in [-0.4, -0.2) is 48.6 Å². The van der Waals surface area contributed by atoms with Crippen LogP contribution in [0.2, 0.25) is 0 Å². The molecule has 0 aromatic rings. The molecule has 2 unspecified atom stereocenters. The largest absolute Gasteiger partial charge is 0.463 e. The standard InChI is InChI=1S/C40H74O6/c1-4-5-23-29-37-38(46-37)30-25-20-16-13-14-18-22-27-32-40(43)45-34-36(41)33-44-39(42)31-26-21-17-12-10-8-6-7-9-11-15-19-24-28-35(2)3/h20,25,35-38,41H,4-19,21-24,26-34H2,1-3H3/b25-20-/t36-,37?,38?/m0/s1. The zero-order valence-electron chi connectivity index (χ0n) is 30.5. The van der Waals surface area contributed by atoms with Gasteiger partial charge in [-0.05, 0) is 44.4 Å². The highest BCUT2D eigenvalue weighted by Crippen LogP contribution is 2.30. The number of epoxide rings is 1. The summed E-state index contributed by atoms with van der Waals surface area (Å²) in [5.74, 6) is 0.266. The lowest BCUT2D eigenvalue weighted by atomic mass is 10.0. The zero-order valence-corrected chi connectivity index (χ0v) is 30.5. The number of carbonyl (C=O) groups is 2. The van der Waals surface area contributed by atoms with Crippen LogP contribution < -0.4 is 0 Å². The lowest BCUT2D eigenvalue weighted by molar-refractivity contribution is -0.152. The Hall–Kier alpha value is -1.40. The minimum absolute atomic E-state index is 0.119. The van der Waals surface area contributed by atoms with Crippen LogP contribution in [0, 0.1) is 5.92 Å². The molecule has 1 fully saturated rings. The van der Waals surface area contributed by atoms with E-state index in [2.05, 4.69) is 32.9 Å². The first-order valence-electron chi connectivity index (χ1n) is 19.7. The molecule has 270 valence electrons. The van der Waals surface area contributed by atoms with Crippen LogP contribution in [0.25, 0.3) is 0 Å². The summed E-state index contributed by atoms with van der Waals surface area (Å²) in [6.45, 7) is 6.61. The number of allylic oxidation sites excluding steroid dienone is 1. The first-order valence-corrected chi connectivity index (χ1v) is 19.7. The van der Waals surface area contributed by atoms with Crippen molar-refractivity contribution in [3.8, 4) is 0 Å². The molecule has 0 amide bonds. The van der Waals surface area contributed by atoms with Crippen molar-refractivity contribution in [3.63, 3.8) is 0 Å². The van der Waals surface area contributed by atoms with Gasteiger partial charge in [0.05, 0.1) is 12.2 Å². The molecule has 1 aliphatic rings. The van der Waals surface area contributed by atoms with Crippen molar-refractivity contribution < 1.29 is 28.9 Å². The molecule has 1 aliphatic heterocycles. The second-order valence-electron chi connectivity index (χ2n) is 14.3.